The van der Waals surface area contributed by atoms with Crippen LogP contribution in [0.1, 0.15) is 70.4 Å². The molecule has 1 atom stereocenters. The number of hydrogen-bond donors (Lipinski definition) is 2. The second kappa shape index (κ2) is 10.7. The van der Waals surface area contributed by atoms with Gasteiger partial charge in [-0.05, 0) is 30.5 Å². The first-order valence-corrected chi connectivity index (χ1v) is 8.00. The first-order chi connectivity index (χ1) is 9.81. The maximum absolute atomic E-state index is 5.68. The first kappa shape index (κ1) is 17.0. The van der Waals surface area contributed by atoms with E-state index >= 15 is 0 Å². The Morgan fingerprint density at radius 3 is 2.30 bits per heavy atom. The van der Waals surface area contributed by atoms with Crippen molar-refractivity contribution in [2.45, 2.75) is 64.8 Å². The zero-order chi connectivity index (χ0) is 14.6. The van der Waals surface area contributed by atoms with E-state index in [0.29, 0.717) is 0 Å². The molecule has 1 rings (SSSR count). The molecule has 0 aliphatic heterocycles. The molecule has 0 aromatic heterocycles. The molecular weight excluding hydrogens is 248 g/mol. The molecule has 20 heavy (non-hydrogen) atoms. The first-order valence-electron chi connectivity index (χ1n) is 8.00. The normalized spacial score (nSPS) is 12.3. The van der Waals surface area contributed by atoms with E-state index in [1.165, 1.54) is 31.2 Å². The molecule has 3 nitrogen and oxygen atoms in total. The van der Waals surface area contributed by atoms with Crippen LogP contribution < -0.4 is 16.0 Å². The summed E-state index contributed by atoms with van der Waals surface area (Å²) in [7, 11) is 0. The summed E-state index contributed by atoms with van der Waals surface area (Å²) in [5, 5.41) is 0. The number of hydrogen-bond acceptors (Lipinski definition) is 3. The van der Waals surface area contributed by atoms with Gasteiger partial charge in [-0.25, -0.2) is 0 Å². The Morgan fingerprint density at radius 1 is 1.00 bits per heavy atom. The summed E-state index contributed by atoms with van der Waals surface area (Å²) in [6.45, 7) is 5.20. The maximum atomic E-state index is 5.68. The molecule has 0 bridgehead atoms. The minimum absolute atomic E-state index is 0.247. The van der Waals surface area contributed by atoms with Crippen LogP contribution in [-0.4, -0.2) is 6.61 Å². The van der Waals surface area contributed by atoms with Crippen molar-refractivity contribution in [2.24, 2.45) is 5.84 Å². The van der Waals surface area contributed by atoms with Crippen molar-refractivity contribution >= 4 is 0 Å². The highest BCUT2D eigenvalue weighted by Crippen LogP contribution is 2.22. The summed E-state index contributed by atoms with van der Waals surface area (Å²) < 4.78 is 5.68. The molecule has 0 radical (unpaired) electrons. The number of ether oxygens (including phenoxy) is 1. The number of unbranched alkanes of at least 4 members (excludes halogenated alkanes) is 4. The molecule has 0 fully saturated rings. The molecule has 114 valence electrons. The molecule has 0 aliphatic carbocycles. The van der Waals surface area contributed by atoms with Gasteiger partial charge in [-0.2, -0.15) is 0 Å². The van der Waals surface area contributed by atoms with E-state index in [2.05, 4.69) is 31.4 Å². The number of benzene rings is 1. The quantitative estimate of drug-likeness (QED) is 0.359. The number of rotatable bonds is 11. The van der Waals surface area contributed by atoms with E-state index in [9.17, 15) is 0 Å². The number of nitrogens with two attached hydrogens (primary N) is 1. The minimum atomic E-state index is 0.247. The van der Waals surface area contributed by atoms with Gasteiger partial charge < -0.3 is 4.74 Å². The second-order valence-electron chi connectivity index (χ2n) is 5.34. The van der Waals surface area contributed by atoms with Gasteiger partial charge in [0.1, 0.15) is 5.75 Å². The van der Waals surface area contributed by atoms with Crippen LogP contribution in [-0.2, 0) is 0 Å². The molecule has 0 saturated carbocycles. The van der Waals surface area contributed by atoms with Gasteiger partial charge in [0, 0.05) is 6.04 Å². The summed E-state index contributed by atoms with van der Waals surface area (Å²) in [5.41, 5.74) is 4.17. The van der Waals surface area contributed by atoms with E-state index < -0.39 is 0 Å². The Bertz CT molecular complexity index is 337. The average molecular weight is 278 g/mol. The monoisotopic (exact) mass is 278 g/mol. The van der Waals surface area contributed by atoms with Crippen LogP contribution in [0.15, 0.2) is 24.3 Å². The number of hydrazine groups is 1. The summed E-state index contributed by atoms with van der Waals surface area (Å²) in [6, 6.07) is 8.57. The molecule has 0 heterocycles. The molecule has 3 heteroatoms. The van der Waals surface area contributed by atoms with Crippen LogP contribution in [0.25, 0.3) is 0 Å². The van der Waals surface area contributed by atoms with Crippen molar-refractivity contribution in [3.8, 4) is 5.75 Å². The lowest BCUT2D eigenvalue weighted by Crippen LogP contribution is -2.27. The van der Waals surface area contributed by atoms with E-state index in [4.69, 9.17) is 10.6 Å². The third kappa shape index (κ3) is 6.40. The van der Waals surface area contributed by atoms with Crippen molar-refractivity contribution in [1.82, 2.24) is 5.43 Å². The Labute approximate surface area is 123 Å². The predicted molar refractivity (Wildman–Crippen MR) is 85.7 cm³/mol. The van der Waals surface area contributed by atoms with Crippen LogP contribution in [0.4, 0.5) is 0 Å². The van der Waals surface area contributed by atoms with Gasteiger partial charge in [-0.3, -0.25) is 11.3 Å². The van der Waals surface area contributed by atoms with Gasteiger partial charge in [-0.15, -0.1) is 0 Å². The molecule has 0 aliphatic rings. The van der Waals surface area contributed by atoms with Gasteiger partial charge in [0.2, 0.25) is 0 Å². The molecule has 1 aromatic carbocycles. The highest BCUT2D eigenvalue weighted by Gasteiger charge is 2.09. The molecule has 3 N–H and O–H groups in total. The summed E-state index contributed by atoms with van der Waals surface area (Å²) >= 11 is 0. The van der Waals surface area contributed by atoms with Crippen LogP contribution in [0.2, 0.25) is 0 Å². The van der Waals surface area contributed by atoms with Crippen molar-refractivity contribution in [1.29, 1.82) is 0 Å². The zero-order valence-corrected chi connectivity index (χ0v) is 13.0. The van der Waals surface area contributed by atoms with Crippen molar-refractivity contribution in [2.75, 3.05) is 6.61 Å². The fraction of sp³-hybridized carbons (Fsp3) is 0.647. The van der Waals surface area contributed by atoms with Crippen LogP contribution in [0, 0.1) is 0 Å². The van der Waals surface area contributed by atoms with Crippen molar-refractivity contribution in [3.05, 3.63) is 29.8 Å². The molecule has 0 spiro atoms. The van der Waals surface area contributed by atoms with E-state index in [1.54, 1.807) is 0 Å². The van der Waals surface area contributed by atoms with Gasteiger partial charge >= 0.3 is 0 Å². The van der Waals surface area contributed by atoms with Crippen LogP contribution in [0.3, 0.4) is 0 Å². The average Bonchev–Trinajstić information content (AvgIpc) is 2.49. The lowest BCUT2D eigenvalue weighted by Gasteiger charge is -2.16. The van der Waals surface area contributed by atoms with Gasteiger partial charge in [-0.1, -0.05) is 58.1 Å². The highest BCUT2D eigenvalue weighted by molar-refractivity contribution is 5.29. The van der Waals surface area contributed by atoms with E-state index in [1.807, 2.05) is 12.1 Å². The maximum Gasteiger partial charge on any atom is 0.119 e. The summed E-state index contributed by atoms with van der Waals surface area (Å²) in [6.07, 6.45) is 8.43. The summed E-state index contributed by atoms with van der Waals surface area (Å²) in [4.78, 5) is 0. The fourth-order valence-corrected chi connectivity index (χ4v) is 2.25. The highest BCUT2D eigenvalue weighted by atomic mass is 16.5. The second-order valence-corrected chi connectivity index (χ2v) is 5.34. The smallest absolute Gasteiger partial charge is 0.119 e. The van der Waals surface area contributed by atoms with Gasteiger partial charge in [0.05, 0.1) is 6.61 Å². The lowest BCUT2D eigenvalue weighted by molar-refractivity contribution is 0.309. The Hall–Kier alpha value is -1.06. The van der Waals surface area contributed by atoms with Gasteiger partial charge in [0.15, 0.2) is 0 Å². The molecule has 0 amide bonds. The van der Waals surface area contributed by atoms with E-state index in [0.717, 1.165) is 31.6 Å². The van der Waals surface area contributed by atoms with Crippen LogP contribution >= 0.6 is 0 Å². The fourth-order valence-electron chi connectivity index (χ4n) is 2.25. The third-order valence-electron chi connectivity index (χ3n) is 3.60. The topological polar surface area (TPSA) is 47.3 Å². The van der Waals surface area contributed by atoms with Crippen molar-refractivity contribution in [3.63, 3.8) is 0 Å². The van der Waals surface area contributed by atoms with E-state index in [-0.39, 0.29) is 6.04 Å². The van der Waals surface area contributed by atoms with Crippen molar-refractivity contribution < 1.29 is 4.74 Å². The third-order valence-corrected chi connectivity index (χ3v) is 3.60. The predicted octanol–water partition coefficient (Wildman–Crippen LogP) is 4.34. The minimum Gasteiger partial charge on any atom is -0.494 e. The molecular formula is C17H30N2O. The largest absolute Gasteiger partial charge is 0.494 e. The number of nitrogens with one attached hydrogen (secondary N) is 1. The van der Waals surface area contributed by atoms with Gasteiger partial charge in [0.25, 0.3) is 0 Å². The zero-order valence-electron chi connectivity index (χ0n) is 13.0. The standard InChI is InChI=1S/C17H30N2O/c1-3-5-7-8-9-17(19-18)15-10-12-16(13-11-15)20-14-6-4-2/h10-13,17,19H,3-9,14,18H2,1-2H3. The Morgan fingerprint density at radius 2 is 1.70 bits per heavy atom. The van der Waals surface area contributed by atoms with Crippen LogP contribution in [0.5, 0.6) is 5.75 Å². The Kier molecular flexibility index (Phi) is 9.09. The molecule has 1 unspecified atom stereocenters. The lowest BCUT2D eigenvalue weighted by atomic mass is 10.0. The SMILES string of the molecule is CCCCCCC(NN)c1ccc(OCCCC)cc1. The molecule has 1 aromatic rings. The summed E-state index contributed by atoms with van der Waals surface area (Å²) in [5.74, 6) is 6.62. The Balaban J connectivity index is 2.43. The molecule has 0 saturated heterocycles.